The molecule has 0 saturated carbocycles. The molecule has 1 atom stereocenters. The number of nitrogens with two attached hydrogens (primary N) is 1. The Kier molecular flexibility index (Phi) is 3.92. The van der Waals surface area contributed by atoms with Crippen LogP contribution >= 0.6 is 0 Å². The van der Waals surface area contributed by atoms with E-state index in [4.69, 9.17) is 5.73 Å². The summed E-state index contributed by atoms with van der Waals surface area (Å²) in [4.78, 5) is 2.27. The summed E-state index contributed by atoms with van der Waals surface area (Å²) in [5, 5.41) is -0.135. The maximum Gasteiger partial charge on any atom is 0.150 e. The quantitative estimate of drug-likeness (QED) is 0.718. The van der Waals surface area contributed by atoms with Gasteiger partial charge in [-0.2, -0.15) is 0 Å². The van der Waals surface area contributed by atoms with Gasteiger partial charge in [0.15, 0.2) is 0 Å². The Morgan fingerprint density at radius 3 is 2.29 bits per heavy atom. The van der Waals surface area contributed by atoms with E-state index in [-0.39, 0.29) is 5.25 Å². The summed E-state index contributed by atoms with van der Waals surface area (Å²) in [6, 6.07) is 0.371. The van der Waals surface area contributed by atoms with Crippen molar-refractivity contribution >= 4 is 9.84 Å². The third-order valence-corrected chi connectivity index (χ3v) is 4.73. The lowest BCUT2D eigenvalue weighted by Crippen LogP contribution is -2.46. The van der Waals surface area contributed by atoms with Crippen molar-refractivity contribution in [2.24, 2.45) is 5.73 Å². The molecular formula is C9H20N2O2S. The molecule has 84 valence electrons. The molecule has 1 fully saturated rings. The van der Waals surface area contributed by atoms with Crippen LogP contribution in [0.15, 0.2) is 0 Å². The molecular weight excluding hydrogens is 200 g/mol. The van der Waals surface area contributed by atoms with Crippen molar-refractivity contribution in [3.8, 4) is 0 Å². The Hall–Kier alpha value is -0.130. The van der Waals surface area contributed by atoms with Gasteiger partial charge in [0.05, 0.1) is 5.25 Å². The summed E-state index contributed by atoms with van der Waals surface area (Å²) >= 11 is 0. The molecule has 0 aromatic heterocycles. The summed E-state index contributed by atoms with van der Waals surface area (Å²) in [5.74, 6) is 0. The van der Waals surface area contributed by atoms with E-state index >= 15 is 0 Å². The maximum absolute atomic E-state index is 11.3. The monoisotopic (exact) mass is 220 g/mol. The van der Waals surface area contributed by atoms with Crippen LogP contribution in [-0.2, 0) is 9.84 Å². The van der Waals surface area contributed by atoms with E-state index in [1.807, 2.05) is 0 Å². The molecule has 0 bridgehead atoms. The summed E-state index contributed by atoms with van der Waals surface area (Å²) in [6.45, 7) is 4.44. The third kappa shape index (κ3) is 2.93. The van der Waals surface area contributed by atoms with E-state index in [9.17, 15) is 8.42 Å². The van der Waals surface area contributed by atoms with Gasteiger partial charge in [0, 0.05) is 18.8 Å². The fourth-order valence-corrected chi connectivity index (χ4v) is 2.96. The number of rotatable bonds is 3. The van der Waals surface area contributed by atoms with Gasteiger partial charge in [-0.1, -0.05) is 0 Å². The minimum Gasteiger partial charge on any atom is -0.329 e. The fourth-order valence-electron chi connectivity index (χ4n) is 1.89. The lowest BCUT2D eigenvalue weighted by Gasteiger charge is -2.34. The highest BCUT2D eigenvalue weighted by molar-refractivity contribution is 7.91. The van der Waals surface area contributed by atoms with Crippen LogP contribution < -0.4 is 5.73 Å². The van der Waals surface area contributed by atoms with Crippen molar-refractivity contribution < 1.29 is 8.42 Å². The standard InChI is InChI=1S/C9H20N2O2S/c1-8(7-10)11-5-3-9(4-6-11)14(2,12)13/h8-9H,3-7,10H2,1-2H3/t8-/m0/s1. The molecule has 0 aliphatic carbocycles. The smallest absolute Gasteiger partial charge is 0.150 e. The van der Waals surface area contributed by atoms with Crippen molar-refractivity contribution in [3.63, 3.8) is 0 Å². The first-order valence-electron chi connectivity index (χ1n) is 5.08. The third-order valence-electron chi connectivity index (χ3n) is 3.05. The van der Waals surface area contributed by atoms with Gasteiger partial charge in [-0.25, -0.2) is 8.42 Å². The van der Waals surface area contributed by atoms with Crippen molar-refractivity contribution in [1.29, 1.82) is 0 Å². The molecule has 14 heavy (non-hydrogen) atoms. The minimum absolute atomic E-state index is 0.135. The summed E-state index contributed by atoms with van der Waals surface area (Å²) in [7, 11) is -2.84. The van der Waals surface area contributed by atoms with Crippen LogP contribution in [0.4, 0.5) is 0 Å². The van der Waals surface area contributed by atoms with Gasteiger partial charge < -0.3 is 5.73 Å². The van der Waals surface area contributed by atoms with Gasteiger partial charge in [-0.3, -0.25) is 4.90 Å². The molecule has 2 N–H and O–H groups in total. The van der Waals surface area contributed by atoms with Crippen molar-refractivity contribution in [3.05, 3.63) is 0 Å². The number of likely N-dealkylation sites (tertiary alicyclic amines) is 1. The first kappa shape index (κ1) is 11.9. The molecule has 5 heteroatoms. The average Bonchev–Trinajstić information content (AvgIpc) is 2.15. The number of nitrogens with zero attached hydrogens (tertiary/aromatic N) is 1. The Balaban J connectivity index is 2.47. The molecule has 1 aliphatic rings. The highest BCUT2D eigenvalue weighted by Gasteiger charge is 2.27. The molecule has 0 amide bonds. The Bertz CT molecular complexity index is 269. The average molecular weight is 220 g/mol. The highest BCUT2D eigenvalue weighted by Crippen LogP contribution is 2.18. The van der Waals surface area contributed by atoms with Gasteiger partial charge in [0.25, 0.3) is 0 Å². The number of sulfone groups is 1. The zero-order valence-electron chi connectivity index (χ0n) is 8.94. The van der Waals surface area contributed by atoms with E-state index in [2.05, 4.69) is 11.8 Å². The lowest BCUT2D eigenvalue weighted by molar-refractivity contribution is 0.179. The lowest BCUT2D eigenvalue weighted by atomic mass is 10.1. The van der Waals surface area contributed by atoms with Gasteiger partial charge in [-0.05, 0) is 32.9 Å². The van der Waals surface area contributed by atoms with Crippen LogP contribution in [-0.4, -0.2) is 50.5 Å². The molecule has 0 aromatic rings. The van der Waals surface area contributed by atoms with Crippen molar-refractivity contribution in [2.75, 3.05) is 25.9 Å². The molecule has 1 heterocycles. The molecule has 1 rings (SSSR count). The number of hydrogen-bond acceptors (Lipinski definition) is 4. The molecule has 0 radical (unpaired) electrons. The second-order valence-electron chi connectivity index (χ2n) is 4.15. The topological polar surface area (TPSA) is 63.4 Å². The second kappa shape index (κ2) is 4.59. The molecule has 0 aromatic carbocycles. The predicted molar refractivity (Wildman–Crippen MR) is 58.0 cm³/mol. The highest BCUT2D eigenvalue weighted by atomic mass is 32.2. The molecule has 4 nitrogen and oxygen atoms in total. The van der Waals surface area contributed by atoms with Crippen molar-refractivity contribution in [2.45, 2.75) is 31.1 Å². The zero-order valence-corrected chi connectivity index (χ0v) is 9.76. The summed E-state index contributed by atoms with van der Waals surface area (Å²) < 4.78 is 22.6. The first-order valence-corrected chi connectivity index (χ1v) is 7.03. The summed E-state index contributed by atoms with van der Waals surface area (Å²) in [5.41, 5.74) is 5.56. The van der Waals surface area contributed by atoms with E-state index in [0.717, 1.165) is 25.9 Å². The van der Waals surface area contributed by atoms with Gasteiger partial charge in [-0.15, -0.1) is 0 Å². The zero-order chi connectivity index (χ0) is 10.8. The van der Waals surface area contributed by atoms with Gasteiger partial charge in [0.2, 0.25) is 0 Å². The Morgan fingerprint density at radius 1 is 1.43 bits per heavy atom. The molecule has 1 saturated heterocycles. The van der Waals surface area contributed by atoms with E-state index in [1.54, 1.807) is 0 Å². The summed E-state index contributed by atoms with van der Waals surface area (Å²) in [6.07, 6.45) is 2.84. The predicted octanol–water partition coefficient (Wildman–Crippen LogP) is -0.157. The molecule has 1 aliphatic heterocycles. The Labute approximate surface area is 86.4 Å². The second-order valence-corrected chi connectivity index (χ2v) is 6.48. The van der Waals surface area contributed by atoms with E-state index in [0.29, 0.717) is 12.6 Å². The van der Waals surface area contributed by atoms with Crippen LogP contribution in [0.1, 0.15) is 19.8 Å². The number of piperidine rings is 1. The number of hydrogen-bond donors (Lipinski definition) is 1. The SMILES string of the molecule is C[C@@H](CN)N1CCC(S(C)(=O)=O)CC1. The van der Waals surface area contributed by atoms with Gasteiger partial charge in [0.1, 0.15) is 9.84 Å². The fraction of sp³-hybridized carbons (Fsp3) is 1.00. The Morgan fingerprint density at radius 2 is 1.93 bits per heavy atom. The van der Waals surface area contributed by atoms with Crippen LogP contribution in [0.2, 0.25) is 0 Å². The van der Waals surface area contributed by atoms with Gasteiger partial charge >= 0.3 is 0 Å². The first-order chi connectivity index (χ1) is 6.45. The maximum atomic E-state index is 11.3. The molecule has 0 unspecified atom stereocenters. The van der Waals surface area contributed by atoms with Crippen LogP contribution in [0, 0.1) is 0 Å². The normalized spacial score (nSPS) is 23.6. The molecule has 0 spiro atoms. The van der Waals surface area contributed by atoms with Crippen LogP contribution in [0.25, 0.3) is 0 Å². The van der Waals surface area contributed by atoms with E-state index in [1.165, 1.54) is 6.26 Å². The van der Waals surface area contributed by atoms with E-state index < -0.39 is 9.84 Å². The van der Waals surface area contributed by atoms with Crippen LogP contribution in [0.3, 0.4) is 0 Å². The largest absolute Gasteiger partial charge is 0.329 e. The van der Waals surface area contributed by atoms with Crippen molar-refractivity contribution in [1.82, 2.24) is 4.90 Å². The minimum atomic E-state index is -2.84. The van der Waals surface area contributed by atoms with Crippen LogP contribution in [0.5, 0.6) is 0 Å².